The highest BCUT2D eigenvalue weighted by molar-refractivity contribution is 7.47. The first kappa shape index (κ1) is 62.1. The SMILES string of the molecule is CC/C=C\C/C=C\C/C=C\C/C=C\C/C=C\C=C/C(O)CCC(=O)O[C@H](COC(=O)CCCCCCCCCCCCC/C=C\CCCCCCCC)COP(=O)(O)OCC[N+](C)(C)C. The van der Waals surface area contributed by atoms with Gasteiger partial charge < -0.3 is 24.0 Å². The van der Waals surface area contributed by atoms with Crippen LogP contribution in [0.3, 0.4) is 0 Å². The molecule has 0 aromatic carbocycles. The fraction of sp³-hybridized carbons (Fsp3) is 0.704. The van der Waals surface area contributed by atoms with Crippen molar-refractivity contribution < 1.29 is 47.2 Å². The number of aliphatic hydroxyl groups excluding tert-OH is 1. The maximum Gasteiger partial charge on any atom is 0.472 e. The van der Waals surface area contributed by atoms with E-state index in [1.165, 1.54) is 96.3 Å². The van der Waals surface area contributed by atoms with Gasteiger partial charge in [0.25, 0.3) is 0 Å². The fourth-order valence-corrected chi connectivity index (χ4v) is 7.27. The van der Waals surface area contributed by atoms with Gasteiger partial charge in [0.15, 0.2) is 6.10 Å². The van der Waals surface area contributed by atoms with Gasteiger partial charge in [0.1, 0.15) is 19.8 Å². The van der Waals surface area contributed by atoms with Crippen LogP contribution in [0.2, 0.25) is 0 Å². The van der Waals surface area contributed by atoms with Crippen molar-refractivity contribution in [2.75, 3.05) is 47.5 Å². The minimum atomic E-state index is -4.45. The normalized spacial score (nSPS) is 14.6. The van der Waals surface area contributed by atoms with E-state index in [0.29, 0.717) is 17.4 Å². The van der Waals surface area contributed by atoms with Gasteiger partial charge in [-0.25, -0.2) is 4.57 Å². The van der Waals surface area contributed by atoms with Crippen LogP contribution in [0.25, 0.3) is 0 Å². The topological polar surface area (TPSA) is 129 Å². The van der Waals surface area contributed by atoms with E-state index in [2.05, 4.69) is 74.6 Å². The summed E-state index contributed by atoms with van der Waals surface area (Å²) in [7, 11) is 1.32. The Bertz CT molecular complexity index is 1390. The Kier molecular flexibility index (Phi) is 43.0. The van der Waals surface area contributed by atoms with E-state index in [0.717, 1.165) is 51.4 Å². The van der Waals surface area contributed by atoms with Crippen molar-refractivity contribution in [2.45, 2.75) is 199 Å². The average molecular weight is 933 g/mol. The van der Waals surface area contributed by atoms with Crippen LogP contribution in [-0.2, 0) is 32.7 Å². The lowest BCUT2D eigenvalue weighted by atomic mass is 10.0. The number of phosphoric ester groups is 1. The molecule has 2 N–H and O–H groups in total. The number of quaternary nitrogens is 1. The lowest BCUT2D eigenvalue weighted by Gasteiger charge is -2.24. The van der Waals surface area contributed by atoms with Crippen molar-refractivity contribution in [1.29, 1.82) is 0 Å². The molecule has 0 rings (SSSR count). The van der Waals surface area contributed by atoms with Crippen LogP contribution >= 0.6 is 7.82 Å². The number of likely N-dealkylation sites (N-methyl/N-ethyl adjacent to an activating group) is 1. The molecule has 0 saturated carbocycles. The van der Waals surface area contributed by atoms with Gasteiger partial charge in [-0.3, -0.25) is 18.6 Å². The van der Waals surface area contributed by atoms with Crippen LogP contribution in [0, 0.1) is 0 Å². The van der Waals surface area contributed by atoms with Gasteiger partial charge >= 0.3 is 19.8 Å². The number of allylic oxidation sites excluding steroid dienone is 13. The zero-order chi connectivity index (χ0) is 48.0. The van der Waals surface area contributed by atoms with Gasteiger partial charge in [-0.2, -0.15) is 0 Å². The molecule has 3 atom stereocenters. The summed E-state index contributed by atoms with van der Waals surface area (Å²) in [6, 6.07) is 0. The van der Waals surface area contributed by atoms with Gasteiger partial charge in [0.05, 0.1) is 33.9 Å². The third-order valence-electron chi connectivity index (χ3n) is 10.5. The molecule has 0 spiro atoms. The van der Waals surface area contributed by atoms with E-state index < -0.39 is 38.6 Å². The molecular weight excluding hydrogens is 838 g/mol. The first-order chi connectivity index (χ1) is 31.4. The number of aliphatic hydroxyl groups is 1. The lowest BCUT2D eigenvalue weighted by Crippen LogP contribution is -2.37. The zero-order valence-electron chi connectivity index (χ0n) is 41.8. The molecule has 0 bridgehead atoms. The largest absolute Gasteiger partial charge is 0.472 e. The van der Waals surface area contributed by atoms with Gasteiger partial charge in [-0.1, -0.05) is 189 Å². The van der Waals surface area contributed by atoms with Crippen LogP contribution < -0.4 is 0 Å². The molecule has 374 valence electrons. The molecule has 0 aliphatic heterocycles. The van der Waals surface area contributed by atoms with E-state index in [9.17, 15) is 24.2 Å². The molecule has 0 aliphatic carbocycles. The summed E-state index contributed by atoms with van der Waals surface area (Å²) in [6.07, 6.45) is 55.4. The first-order valence-corrected chi connectivity index (χ1v) is 26.9. The molecule has 0 aliphatic rings. The van der Waals surface area contributed by atoms with Crippen molar-refractivity contribution in [3.63, 3.8) is 0 Å². The third kappa shape index (κ3) is 48.9. The molecule has 0 aromatic rings. The lowest BCUT2D eigenvalue weighted by molar-refractivity contribution is -0.870. The molecule has 0 amide bonds. The Hall–Kier alpha value is -2.85. The minimum absolute atomic E-state index is 0.0145. The number of ether oxygens (including phenoxy) is 2. The molecule has 65 heavy (non-hydrogen) atoms. The number of carbonyl (C=O) groups is 2. The number of unbranched alkanes of at least 4 members (excludes halogenated alkanes) is 17. The van der Waals surface area contributed by atoms with E-state index in [-0.39, 0.29) is 32.5 Å². The molecule has 0 fully saturated rings. The summed E-state index contributed by atoms with van der Waals surface area (Å²) in [4.78, 5) is 35.6. The summed E-state index contributed by atoms with van der Waals surface area (Å²) in [5.41, 5.74) is 0. The highest BCUT2D eigenvalue weighted by Gasteiger charge is 2.27. The second kappa shape index (κ2) is 45.0. The summed E-state index contributed by atoms with van der Waals surface area (Å²) in [5.74, 6) is -1.08. The van der Waals surface area contributed by atoms with Gasteiger partial charge in [-0.05, 0) is 70.6 Å². The molecule has 2 unspecified atom stereocenters. The van der Waals surface area contributed by atoms with E-state index >= 15 is 0 Å². The van der Waals surface area contributed by atoms with Crippen molar-refractivity contribution in [3.05, 3.63) is 85.1 Å². The maximum atomic E-state index is 12.8. The fourth-order valence-electron chi connectivity index (χ4n) is 6.53. The number of nitrogens with zero attached hydrogens (tertiary/aromatic N) is 1. The average Bonchev–Trinajstić information content (AvgIpc) is 3.26. The van der Waals surface area contributed by atoms with Crippen LogP contribution in [0.4, 0.5) is 0 Å². The maximum absolute atomic E-state index is 12.8. The van der Waals surface area contributed by atoms with Crippen LogP contribution in [0.5, 0.6) is 0 Å². The number of hydrogen-bond acceptors (Lipinski definition) is 8. The van der Waals surface area contributed by atoms with Crippen LogP contribution in [0.15, 0.2) is 85.1 Å². The predicted molar refractivity (Wildman–Crippen MR) is 271 cm³/mol. The van der Waals surface area contributed by atoms with Crippen LogP contribution in [0.1, 0.15) is 187 Å². The Labute approximate surface area is 397 Å². The number of esters is 2. The molecule has 0 radical (unpaired) electrons. The smallest absolute Gasteiger partial charge is 0.462 e. The standard InChI is InChI=1S/C54H94NO9P/c1-6-8-10-12-14-16-18-20-22-24-25-26-27-28-30-32-34-36-38-40-42-44-53(57)61-49-52(50-63-65(59,60)62-48-47-55(3,4)5)64-54(58)46-45-51(56)43-41-39-37-35-33-31-29-23-21-19-17-15-13-11-9-7-2/h9,11,15,17,20-23,31,33,37,39,41,43,51-52,56H,6-8,10,12-14,16,18-19,24-30,32,34-36,38,40,42,44-50H2,1-5H3/p+1/b11-9-,17-15-,22-20-,23-21-,33-31-,39-37-,43-41-/t51?,52-/m1/s1. The number of phosphoric acid groups is 1. The monoisotopic (exact) mass is 933 g/mol. The molecule has 0 aromatic heterocycles. The summed E-state index contributed by atoms with van der Waals surface area (Å²) in [5, 5.41) is 10.4. The molecular formula is C54H95NO9P+. The Morgan fingerprint density at radius 3 is 1.58 bits per heavy atom. The first-order valence-electron chi connectivity index (χ1n) is 25.4. The summed E-state index contributed by atoms with van der Waals surface area (Å²) >= 11 is 0. The van der Waals surface area contributed by atoms with E-state index in [1.54, 1.807) is 12.2 Å². The number of hydrogen-bond donors (Lipinski definition) is 2. The van der Waals surface area contributed by atoms with Crippen molar-refractivity contribution in [2.24, 2.45) is 0 Å². The van der Waals surface area contributed by atoms with Crippen LogP contribution in [-0.4, -0.2) is 86.1 Å². The van der Waals surface area contributed by atoms with Gasteiger partial charge in [0.2, 0.25) is 0 Å². The van der Waals surface area contributed by atoms with Crippen molar-refractivity contribution in [3.8, 4) is 0 Å². The molecule has 10 nitrogen and oxygen atoms in total. The summed E-state index contributed by atoms with van der Waals surface area (Å²) in [6.45, 7) is 4.03. The highest BCUT2D eigenvalue weighted by Crippen LogP contribution is 2.43. The summed E-state index contributed by atoms with van der Waals surface area (Å²) < 4.78 is 34.2. The predicted octanol–water partition coefficient (Wildman–Crippen LogP) is 14.1. The van der Waals surface area contributed by atoms with Gasteiger partial charge in [0, 0.05) is 12.8 Å². The number of rotatable bonds is 45. The third-order valence-corrected chi connectivity index (χ3v) is 11.5. The zero-order valence-corrected chi connectivity index (χ0v) is 42.7. The van der Waals surface area contributed by atoms with Crippen molar-refractivity contribution in [1.82, 2.24) is 0 Å². The molecule has 0 heterocycles. The Morgan fingerprint density at radius 1 is 0.569 bits per heavy atom. The highest BCUT2D eigenvalue weighted by atomic mass is 31.2. The Morgan fingerprint density at radius 2 is 1.06 bits per heavy atom. The second-order valence-electron chi connectivity index (χ2n) is 18.0. The van der Waals surface area contributed by atoms with Crippen molar-refractivity contribution >= 4 is 19.8 Å². The van der Waals surface area contributed by atoms with E-state index in [1.807, 2.05) is 33.3 Å². The second-order valence-corrected chi connectivity index (χ2v) is 19.5. The van der Waals surface area contributed by atoms with Gasteiger partial charge in [-0.15, -0.1) is 0 Å². The minimum Gasteiger partial charge on any atom is -0.462 e. The molecule has 0 saturated heterocycles. The Balaban J connectivity index is 4.47. The molecule has 11 heteroatoms. The quantitative estimate of drug-likeness (QED) is 0.0153. The number of carbonyl (C=O) groups excluding carboxylic acids is 2. The van der Waals surface area contributed by atoms with E-state index in [4.69, 9.17) is 18.5 Å².